The molecule has 3 saturated heterocycles. The maximum atomic E-state index is 13.9. The first-order chi connectivity index (χ1) is 53.3. The molecule has 9 aromatic heterocycles. The Kier molecular flexibility index (Phi) is 17.8. The molecule has 0 radical (unpaired) electrons. The third kappa shape index (κ3) is 13.6. The molecule has 0 aliphatic carbocycles. The second-order valence-corrected chi connectivity index (χ2v) is 31.0. The summed E-state index contributed by atoms with van der Waals surface area (Å²) in [4.78, 5) is 65.9. The molecular formula is C83H75ClF3N19O3S. The number of nitrogens with zero attached hydrogens (tertiary/aromatic N) is 14. The van der Waals surface area contributed by atoms with Gasteiger partial charge in [-0.15, -0.1) is 13.2 Å². The summed E-state index contributed by atoms with van der Waals surface area (Å²) in [5.74, 6) is 5.37. The second-order valence-electron chi connectivity index (χ2n) is 28.8. The van der Waals surface area contributed by atoms with Gasteiger partial charge in [-0.3, -0.25) is 13.9 Å². The number of nitrogens with one attached hydrogen (secondary N) is 5. The number of piperidine rings is 3. The lowest BCUT2D eigenvalue weighted by Crippen LogP contribution is -2.34. The molecule has 110 heavy (non-hydrogen) atoms. The predicted octanol–water partition coefficient (Wildman–Crippen LogP) is 17.6. The smallest absolute Gasteiger partial charge is 0.406 e. The van der Waals surface area contributed by atoms with Gasteiger partial charge in [0.15, 0.2) is 11.3 Å². The number of fused-ring (bicyclic) bond motifs is 3. The molecule has 0 bridgehead atoms. The van der Waals surface area contributed by atoms with E-state index in [4.69, 9.17) is 51.5 Å². The van der Waals surface area contributed by atoms with E-state index in [1.807, 2.05) is 103 Å². The van der Waals surface area contributed by atoms with Gasteiger partial charge < -0.3 is 39.4 Å². The number of anilines is 4. The monoisotopic (exact) mass is 1510 g/mol. The van der Waals surface area contributed by atoms with Crippen LogP contribution in [-0.2, 0) is 10.0 Å². The third-order valence-electron chi connectivity index (χ3n) is 21.6. The van der Waals surface area contributed by atoms with Crippen molar-refractivity contribution in [1.82, 2.24) is 73.9 Å². The molecule has 0 atom stereocenters. The van der Waals surface area contributed by atoms with Gasteiger partial charge in [-0.1, -0.05) is 103 Å². The zero-order valence-corrected chi connectivity index (χ0v) is 62.1. The van der Waals surface area contributed by atoms with E-state index in [-0.39, 0.29) is 23.5 Å². The third-order valence-corrected chi connectivity index (χ3v) is 22.5. The minimum Gasteiger partial charge on any atom is -0.406 e. The standard InChI is InChI=1S/C83H75ClF3N19O3S/c1-48-71(51-12-6-5-7-13-51)98-74(94-48)53-28-34-103(35-29-53)79-66-43-69(57-15-9-19-61(39-57)101-110(4,107)108)105(81(66)92-46-90-79)62-24-22-52(23-25-62)72-49(2)95-75(99-72)54-30-36-104(37-31-54)80-67-44-70(58-16-11-21-64(41-58)109-83(85,86)87)106(82(67)93-47-91-80)63-20-10-17-59(40-63)73-50(3)96-76(100-73)55-26-32-102(33-27-55)78-65-42-68(97-77(65)88-45-89-78)56-14-8-18-60(84)38-56/h5-25,38-47,53-55,101H,26-37H2,1-4H3,(H,94,98)(H,95,99)(H,96,100)(H,88,89,97). The van der Waals surface area contributed by atoms with Crippen molar-refractivity contribution in [1.29, 1.82) is 0 Å². The number of aromatic nitrogens is 15. The molecular weight excluding hydrogens is 1440 g/mol. The molecule has 0 amide bonds. The number of hydrogen-bond acceptors (Lipinski definition) is 15. The lowest BCUT2D eigenvalue weighted by atomic mass is 9.96. The Bertz CT molecular complexity index is 6100. The van der Waals surface area contributed by atoms with Gasteiger partial charge in [-0.25, -0.2) is 53.3 Å². The van der Waals surface area contributed by atoms with E-state index in [1.165, 1.54) is 12.1 Å². The summed E-state index contributed by atoms with van der Waals surface area (Å²) >= 11 is 6.36. The van der Waals surface area contributed by atoms with Crippen LogP contribution in [0.15, 0.2) is 189 Å². The number of benzene rings is 6. The maximum absolute atomic E-state index is 13.9. The van der Waals surface area contributed by atoms with Crippen LogP contribution in [0.5, 0.6) is 5.75 Å². The molecule has 6 aromatic carbocycles. The van der Waals surface area contributed by atoms with Crippen LogP contribution >= 0.6 is 11.6 Å². The van der Waals surface area contributed by atoms with Gasteiger partial charge in [0, 0.05) is 101 Å². The number of imidazole rings is 3. The number of hydrogen-bond donors (Lipinski definition) is 5. The average molecular weight is 1510 g/mol. The minimum atomic E-state index is -4.90. The Morgan fingerprint density at radius 2 is 0.918 bits per heavy atom. The van der Waals surface area contributed by atoms with Gasteiger partial charge in [0.1, 0.15) is 65.3 Å². The zero-order valence-electron chi connectivity index (χ0n) is 60.5. The molecule has 3 aliphatic rings. The number of halogens is 4. The van der Waals surface area contributed by atoms with Crippen molar-refractivity contribution in [3.63, 3.8) is 0 Å². The van der Waals surface area contributed by atoms with E-state index in [1.54, 1.807) is 37.2 Å². The van der Waals surface area contributed by atoms with Gasteiger partial charge >= 0.3 is 6.36 Å². The van der Waals surface area contributed by atoms with E-state index in [9.17, 15) is 21.6 Å². The highest BCUT2D eigenvalue weighted by Crippen LogP contribution is 2.44. The van der Waals surface area contributed by atoms with Gasteiger partial charge in [-0.2, -0.15) is 0 Å². The average Bonchev–Trinajstić information content (AvgIpc) is 1.59. The SMILES string of the molecule is Cc1nc(C2CCN(c3ncnc4[nH]c(-c5cccc(Cl)c5)cc34)CC2)[nH]c1-c1cccc(-n2c(-c3cccc(OC(F)(F)F)c3)cc3c(N4CCC(c5nc(C)c(-c6ccc(-n7c(-c8cccc(NS(C)(=O)=O)c8)cc8c(N9CCC(c%10nc(C)c(-c%11ccccc%11)[nH]%10)CC9)ncnc87)cc6)[nH]5)CC4)ncnc32)c1. The van der Waals surface area contributed by atoms with Crippen molar-refractivity contribution >= 4 is 77.9 Å². The summed E-state index contributed by atoms with van der Waals surface area (Å²) in [6.45, 7) is 10.4. The van der Waals surface area contributed by atoms with Gasteiger partial charge in [0.25, 0.3) is 0 Å². The van der Waals surface area contributed by atoms with E-state index in [2.05, 4.69) is 115 Å². The number of ether oxygens (including phenoxy) is 1. The highest BCUT2D eigenvalue weighted by Gasteiger charge is 2.34. The lowest BCUT2D eigenvalue weighted by Gasteiger charge is -2.32. The topological polar surface area (TPSA) is 254 Å². The Morgan fingerprint density at radius 3 is 1.46 bits per heavy atom. The summed E-state index contributed by atoms with van der Waals surface area (Å²) < 4.78 is 77.9. The highest BCUT2D eigenvalue weighted by molar-refractivity contribution is 7.92. The first-order valence-electron chi connectivity index (χ1n) is 36.8. The van der Waals surface area contributed by atoms with Crippen LogP contribution in [0, 0.1) is 20.8 Å². The normalized spacial score (nSPS) is 15.1. The lowest BCUT2D eigenvalue weighted by molar-refractivity contribution is -0.274. The predicted molar refractivity (Wildman–Crippen MR) is 424 cm³/mol. The van der Waals surface area contributed by atoms with Crippen LogP contribution in [0.2, 0.25) is 5.02 Å². The minimum absolute atomic E-state index is 0.0905. The molecule has 12 heterocycles. The Balaban J connectivity index is 0.595. The fourth-order valence-electron chi connectivity index (χ4n) is 16.4. The van der Waals surface area contributed by atoms with Crippen LogP contribution < -0.4 is 24.2 Å². The summed E-state index contributed by atoms with van der Waals surface area (Å²) in [5.41, 5.74) is 17.1. The first kappa shape index (κ1) is 69.6. The van der Waals surface area contributed by atoms with Crippen molar-refractivity contribution in [2.75, 3.05) is 64.9 Å². The van der Waals surface area contributed by atoms with Crippen molar-refractivity contribution in [3.05, 3.63) is 228 Å². The zero-order chi connectivity index (χ0) is 75.1. The number of aryl methyl sites for hydroxylation is 3. The molecule has 22 nitrogen and oxygen atoms in total. The van der Waals surface area contributed by atoms with E-state index in [0.29, 0.717) is 52.2 Å². The Labute approximate surface area is 636 Å². The van der Waals surface area contributed by atoms with Crippen LogP contribution in [-0.4, -0.2) is 134 Å². The van der Waals surface area contributed by atoms with E-state index in [0.717, 1.165) is 207 Å². The molecule has 3 fully saturated rings. The van der Waals surface area contributed by atoms with Crippen LogP contribution in [0.25, 0.3) is 112 Å². The van der Waals surface area contributed by atoms with Crippen molar-refractivity contribution in [2.45, 2.75) is 83.4 Å². The second kappa shape index (κ2) is 28.1. The number of H-pyrrole nitrogens is 4. The molecule has 5 N–H and O–H groups in total. The van der Waals surface area contributed by atoms with Gasteiger partial charge in [-0.05, 0) is 155 Å². The molecule has 15 aromatic rings. The Hall–Kier alpha value is -12.2. The molecule has 0 unspecified atom stereocenters. The maximum Gasteiger partial charge on any atom is 0.573 e. The van der Waals surface area contributed by atoms with Crippen LogP contribution in [0.1, 0.15) is 90.8 Å². The number of aromatic amines is 4. The molecule has 0 spiro atoms. The molecule has 0 saturated carbocycles. The molecule has 554 valence electrons. The summed E-state index contributed by atoms with van der Waals surface area (Å²) in [5, 5.41) is 3.21. The van der Waals surface area contributed by atoms with Crippen molar-refractivity contribution < 1.29 is 26.3 Å². The summed E-state index contributed by atoms with van der Waals surface area (Å²) in [7, 11) is -3.57. The largest absolute Gasteiger partial charge is 0.573 e. The van der Waals surface area contributed by atoms with Gasteiger partial charge in [0.2, 0.25) is 10.0 Å². The molecule has 18 rings (SSSR count). The van der Waals surface area contributed by atoms with E-state index < -0.39 is 16.4 Å². The summed E-state index contributed by atoms with van der Waals surface area (Å²) in [6, 6.07) is 54.0. The number of alkyl halides is 3. The van der Waals surface area contributed by atoms with Crippen LogP contribution in [0.4, 0.5) is 36.3 Å². The highest BCUT2D eigenvalue weighted by atomic mass is 35.5. The summed E-state index contributed by atoms with van der Waals surface area (Å²) in [6.07, 6.45) is 5.99. The fraction of sp³-hybridized carbons (Fsp3) is 0.241. The number of sulfonamides is 1. The molecule has 3 aliphatic heterocycles. The first-order valence-corrected chi connectivity index (χ1v) is 39.1. The molecule has 27 heteroatoms. The fourth-order valence-corrected chi connectivity index (χ4v) is 17.1. The quantitative estimate of drug-likeness (QED) is 0.0568. The van der Waals surface area contributed by atoms with Crippen molar-refractivity contribution in [3.8, 4) is 84.7 Å². The number of rotatable bonds is 17. The van der Waals surface area contributed by atoms with Gasteiger partial charge in [0.05, 0.1) is 68.0 Å². The van der Waals surface area contributed by atoms with Crippen LogP contribution in [0.3, 0.4) is 0 Å². The van der Waals surface area contributed by atoms with E-state index >= 15 is 0 Å². The van der Waals surface area contributed by atoms with Crippen molar-refractivity contribution in [2.24, 2.45) is 0 Å². The Morgan fingerprint density at radius 1 is 0.455 bits per heavy atom.